The smallest absolute Gasteiger partial charge is 0.157 e. The van der Waals surface area contributed by atoms with Crippen LogP contribution in [0.15, 0.2) is 65.6 Å². The Bertz CT molecular complexity index is 944. The summed E-state index contributed by atoms with van der Waals surface area (Å²) in [6, 6.07) is 0. The van der Waals surface area contributed by atoms with Gasteiger partial charge in [0.1, 0.15) is 5.76 Å². The molecule has 2 atom stereocenters. The van der Waals surface area contributed by atoms with Gasteiger partial charge in [0.25, 0.3) is 0 Å². The number of aromatic nitrogens is 1. The molecular weight excluding hydrogens is 404 g/mol. The first kappa shape index (κ1) is 23.4. The molecule has 1 aliphatic heterocycles. The highest BCUT2D eigenvalue weighted by molar-refractivity contribution is 7.13. The van der Waals surface area contributed by atoms with Crippen molar-refractivity contribution in [3.8, 4) is 0 Å². The minimum atomic E-state index is -0.474. The van der Waals surface area contributed by atoms with E-state index in [-0.39, 0.29) is 6.17 Å². The second kappa shape index (κ2) is 9.90. The summed E-state index contributed by atoms with van der Waals surface area (Å²) >= 11 is 1.73. The number of rotatable bonds is 9. The molecule has 2 unspecified atom stereocenters. The van der Waals surface area contributed by atoms with Crippen molar-refractivity contribution in [2.75, 3.05) is 20.1 Å². The van der Waals surface area contributed by atoms with Crippen LogP contribution in [-0.2, 0) is 4.74 Å². The first-order valence-electron chi connectivity index (χ1n) is 10.8. The third-order valence-electron chi connectivity index (χ3n) is 5.77. The Kier molecular flexibility index (Phi) is 7.46. The zero-order valence-corrected chi connectivity index (χ0v) is 19.9. The van der Waals surface area contributed by atoms with Crippen LogP contribution in [0, 0.1) is 0 Å². The van der Waals surface area contributed by atoms with Crippen LogP contribution in [0.3, 0.4) is 0 Å². The van der Waals surface area contributed by atoms with E-state index in [1.54, 1.807) is 17.6 Å². The zero-order valence-electron chi connectivity index (χ0n) is 19.1. The van der Waals surface area contributed by atoms with E-state index in [0.29, 0.717) is 11.7 Å². The van der Waals surface area contributed by atoms with Gasteiger partial charge in [0.15, 0.2) is 5.60 Å². The van der Waals surface area contributed by atoms with Crippen LogP contribution in [-0.4, -0.2) is 48.0 Å². The molecule has 2 heterocycles. The number of nitrogens with two attached hydrogens (primary N) is 1. The summed E-state index contributed by atoms with van der Waals surface area (Å²) < 4.78 is 6.23. The summed E-state index contributed by atoms with van der Waals surface area (Å²) in [4.78, 5) is 12.6. The van der Waals surface area contributed by atoms with Crippen LogP contribution in [0.25, 0.3) is 5.57 Å². The van der Waals surface area contributed by atoms with Crippen LogP contribution in [0.2, 0.25) is 0 Å². The molecule has 0 aromatic carbocycles. The van der Waals surface area contributed by atoms with Gasteiger partial charge in [-0.2, -0.15) is 0 Å². The van der Waals surface area contributed by atoms with Crippen LogP contribution in [0.5, 0.6) is 0 Å². The van der Waals surface area contributed by atoms with Gasteiger partial charge in [-0.1, -0.05) is 31.4 Å². The molecule has 166 valence electrons. The van der Waals surface area contributed by atoms with E-state index in [0.717, 1.165) is 47.5 Å². The molecule has 5 nitrogen and oxygen atoms in total. The van der Waals surface area contributed by atoms with E-state index < -0.39 is 5.60 Å². The average Bonchev–Trinajstić information content (AvgIpc) is 3.05. The fourth-order valence-corrected chi connectivity index (χ4v) is 5.00. The average molecular weight is 439 g/mol. The Hall–Kier alpha value is -2.28. The molecule has 0 amide bonds. The van der Waals surface area contributed by atoms with Crippen molar-refractivity contribution < 1.29 is 4.74 Å². The fraction of sp³-hybridized carbons (Fsp3) is 0.440. The lowest BCUT2D eigenvalue weighted by molar-refractivity contribution is 0.136. The van der Waals surface area contributed by atoms with Gasteiger partial charge in [-0.3, -0.25) is 4.99 Å². The fourth-order valence-electron chi connectivity index (χ4n) is 3.94. The third kappa shape index (κ3) is 5.50. The standard InChI is InChI=1S/C25H34N4OS/c1-7-9-22-21(8-2)25(22,5)30-17(3)14-20(15-27-18(4)26)23-16-28-24(31-23)19-10-12-29(6)13-11-19/h7-9,14-16,18-19H,2-3,10-13,26H2,1,4-6H3/b9-7-,20-14+,27-15-. The lowest BCUT2D eigenvalue weighted by Crippen LogP contribution is -2.29. The third-order valence-corrected chi connectivity index (χ3v) is 6.98. The lowest BCUT2D eigenvalue weighted by atomic mass is 9.98. The minimum absolute atomic E-state index is 0.282. The number of thiazole rings is 1. The molecule has 2 aliphatic rings. The number of nitrogens with zero attached hydrogens (tertiary/aromatic N) is 3. The second-order valence-electron chi connectivity index (χ2n) is 8.39. The molecule has 0 spiro atoms. The van der Waals surface area contributed by atoms with Crippen molar-refractivity contribution in [3.63, 3.8) is 0 Å². The van der Waals surface area contributed by atoms with Gasteiger partial charge in [-0.05, 0) is 59.8 Å². The number of aliphatic imine (C=N–C) groups is 1. The highest BCUT2D eigenvalue weighted by Crippen LogP contribution is 2.49. The monoisotopic (exact) mass is 438 g/mol. The van der Waals surface area contributed by atoms with Gasteiger partial charge in [-0.15, -0.1) is 11.3 Å². The van der Waals surface area contributed by atoms with Crippen molar-refractivity contribution in [2.45, 2.75) is 51.3 Å². The van der Waals surface area contributed by atoms with Gasteiger partial charge in [0, 0.05) is 35.0 Å². The summed E-state index contributed by atoms with van der Waals surface area (Å²) in [5, 5.41) is 1.19. The van der Waals surface area contributed by atoms with Crippen LogP contribution in [0.4, 0.5) is 0 Å². The predicted molar refractivity (Wildman–Crippen MR) is 132 cm³/mol. The molecule has 0 radical (unpaired) electrons. The van der Waals surface area contributed by atoms with Crippen molar-refractivity contribution in [1.29, 1.82) is 0 Å². The van der Waals surface area contributed by atoms with E-state index in [1.165, 1.54) is 5.01 Å². The number of hydrogen-bond acceptors (Lipinski definition) is 6. The summed E-state index contributed by atoms with van der Waals surface area (Å²) in [6.45, 7) is 16.2. The molecule has 31 heavy (non-hydrogen) atoms. The van der Waals surface area contributed by atoms with E-state index in [4.69, 9.17) is 15.5 Å². The molecule has 1 saturated heterocycles. The number of likely N-dealkylation sites (tertiary alicyclic amines) is 1. The molecule has 1 aromatic rings. The maximum absolute atomic E-state index is 6.23. The van der Waals surface area contributed by atoms with E-state index >= 15 is 0 Å². The number of piperidine rings is 1. The first-order valence-corrected chi connectivity index (χ1v) is 11.6. The lowest BCUT2D eigenvalue weighted by Gasteiger charge is -2.27. The van der Waals surface area contributed by atoms with E-state index in [2.05, 4.69) is 36.2 Å². The molecule has 2 N–H and O–H groups in total. The van der Waals surface area contributed by atoms with E-state index in [9.17, 15) is 0 Å². The minimum Gasteiger partial charge on any atom is -0.479 e. The SMILES string of the molecule is C=CC1=C(/C=C\C)C1(C)OC(=C)/C=C(\C=N/C(C)N)c1cnc(C2CCN(C)CC2)s1. The quantitative estimate of drug-likeness (QED) is 0.332. The van der Waals surface area contributed by atoms with Gasteiger partial charge < -0.3 is 15.4 Å². The molecular formula is C25H34N4OS. The summed E-state index contributed by atoms with van der Waals surface area (Å²) in [5.74, 6) is 1.09. The van der Waals surface area contributed by atoms with Crippen LogP contribution < -0.4 is 5.73 Å². The molecule has 0 bridgehead atoms. The van der Waals surface area contributed by atoms with Gasteiger partial charge >= 0.3 is 0 Å². The van der Waals surface area contributed by atoms with Crippen molar-refractivity contribution in [3.05, 3.63) is 70.4 Å². The molecule has 1 aliphatic carbocycles. The van der Waals surface area contributed by atoms with E-state index in [1.807, 2.05) is 45.2 Å². The molecule has 3 rings (SSSR count). The summed E-state index contributed by atoms with van der Waals surface area (Å²) in [7, 11) is 2.18. The number of hydrogen-bond donors (Lipinski definition) is 1. The predicted octanol–water partition coefficient (Wildman–Crippen LogP) is 5.07. The summed E-state index contributed by atoms with van der Waals surface area (Å²) in [6.07, 6.45) is 13.6. The molecule has 0 saturated carbocycles. The van der Waals surface area contributed by atoms with Crippen molar-refractivity contribution in [2.24, 2.45) is 10.7 Å². The highest BCUT2D eigenvalue weighted by Gasteiger charge is 2.48. The summed E-state index contributed by atoms with van der Waals surface area (Å²) in [5.41, 5.74) is 8.53. The normalized spacial score (nSPS) is 24.2. The number of ether oxygens (including phenoxy) is 1. The van der Waals surface area contributed by atoms with Gasteiger partial charge in [0.05, 0.1) is 16.1 Å². The maximum Gasteiger partial charge on any atom is 0.157 e. The Labute approximate surface area is 190 Å². The molecule has 1 aromatic heterocycles. The van der Waals surface area contributed by atoms with Crippen LogP contribution >= 0.6 is 11.3 Å². The van der Waals surface area contributed by atoms with Crippen molar-refractivity contribution >= 4 is 23.1 Å². The molecule has 1 fully saturated rings. The Morgan fingerprint density at radius 2 is 2.13 bits per heavy atom. The largest absolute Gasteiger partial charge is 0.479 e. The Morgan fingerprint density at radius 3 is 2.74 bits per heavy atom. The Balaban J connectivity index is 1.79. The molecule has 6 heteroatoms. The van der Waals surface area contributed by atoms with Crippen LogP contribution in [0.1, 0.15) is 49.4 Å². The topological polar surface area (TPSA) is 63.7 Å². The zero-order chi connectivity index (χ0) is 22.6. The highest BCUT2D eigenvalue weighted by atomic mass is 32.1. The first-order chi connectivity index (χ1) is 14.8. The van der Waals surface area contributed by atoms with Gasteiger partial charge in [0.2, 0.25) is 0 Å². The number of allylic oxidation sites excluding steroid dienone is 3. The second-order valence-corrected chi connectivity index (χ2v) is 9.45. The Morgan fingerprint density at radius 1 is 1.42 bits per heavy atom. The van der Waals surface area contributed by atoms with Gasteiger partial charge in [-0.25, -0.2) is 4.98 Å². The van der Waals surface area contributed by atoms with Crippen molar-refractivity contribution in [1.82, 2.24) is 9.88 Å². The maximum atomic E-state index is 6.23.